The average Bonchev–Trinajstić information content (AvgIpc) is 3.07. The van der Waals surface area contributed by atoms with Crippen molar-refractivity contribution in [3.8, 4) is 0 Å². The highest BCUT2D eigenvalue weighted by atomic mass is 32.1. The maximum atomic E-state index is 10.7. The number of thiazole rings is 1. The second kappa shape index (κ2) is 5.25. The standard InChI is InChI=1S/C12H11N5O2S/c18-12(19)8-7-20-10(16-8)2-3-13-11-9-1-4-15-17(9)6-5-14-11/h1,4-7H,2-3H2,(H,13,14)(H,18,19). The molecular formula is C12H11N5O2S. The van der Waals surface area contributed by atoms with Crippen LogP contribution >= 0.6 is 11.3 Å². The van der Waals surface area contributed by atoms with Gasteiger partial charge in [-0.25, -0.2) is 19.3 Å². The average molecular weight is 289 g/mol. The summed E-state index contributed by atoms with van der Waals surface area (Å²) < 4.78 is 1.74. The van der Waals surface area contributed by atoms with Gasteiger partial charge in [0.25, 0.3) is 0 Å². The van der Waals surface area contributed by atoms with Gasteiger partial charge in [0, 0.05) is 30.7 Å². The van der Waals surface area contributed by atoms with E-state index in [1.807, 2.05) is 6.07 Å². The van der Waals surface area contributed by atoms with Crippen LogP contribution in [-0.2, 0) is 6.42 Å². The monoisotopic (exact) mass is 289 g/mol. The maximum absolute atomic E-state index is 10.7. The van der Waals surface area contributed by atoms with Gasteiger partial charge < -0.3 is 10.4 Å². The molecule has 0 radical (unpaired) electrons. The van der Waals surface area contributed by atoms with Crippen molar-refractivity contribution >= 4 is 28.6 Å². The summed E-state index contributed by atoms with van der Waals surface area (Å²) in [6.45, 7) is 0.629. The van der Waals surface area contributed by atoms with Gasteiger partial charge >= 0.3 is 5.97 Å². The number of carboxylic acid groups (broad SMARTS) is 1. The van der Waals surface area contributed by atoms with Crippen molar-refractivity contribution in [2.45, 2.75) is 6.42 Å². The fraction of sp³-hybridized carbons (Fsp3) is 0.167. The molecule has 0 aliphatic rings. The second-order valence-corrected chi connectivity index (χ2v) is 4.99. The summed E-state index contributed by atoms with van der Waals surface area (Å²) in [4.78, 5) is 19.0. The fourth-order valence-corrected chi connectivity index (χ4v) is 2.58. The molecule has 0 unspecified atom stereocenters. The molecule has 2 N–H and O–H groups in total. The third-order valence-electron chi connectivity index (χ3n) is 2.73. The van der Waals surface area contributed by atoms with E-state index in [9.17, 15) is 4.79 Å². The Balaban J connectivity index is 1.64. The molecule has 0 saturated heterocycles. The van der Waals surface area contributed by atoms with E-state index in [1.54, 1.807) is 28.5 Å². The zero-order chi connectivity index (χ0) is 13.9. The van der Waals surface area contributed by atoms with Crippen LogP contribution in [0.1, 0.15) is 15.5 Å². The van der Waals surface area contributed by atoms with Crippen molar-refractivity contribution in [3.63, 3.8) is 0 Å². The number of hydrogen-bond donors (Lipinski definition) is 2. The summed E-state index contributed by atoms with van der Waals surface area (Å²) >= 11 is 1.35. The molecule has 3 aromatic rings. The van der Waals surface area contributed by atoms with Crippen LogP contribution < -0.4 is 5.32 Å². The minimum Gasteiger partial charge on any atom is -0.476 e. The van der Waals surface area contributed by atoms with E-state index < -0.39 is 5.97 Å². The lowest BCUT2D eigenvalue weighted by Gasteiger charge is -2.05. The summed E-state index contributed by atoms with van der Waals surface area (Å²) in [5, 5.41) is 18.5. The molecule has 0 saturated carbocycles. The number of carboxylic acids is 1. The molecule has 0 amide bonds. The molecule has 0 bridgehead atoms. The number of fused-ring (bicyclic) bond motifs is 1. The largest absolute Gasteiger partial charge is 0.476 e. The van der Waals surface area contributed by atoms with E-state index in [2.05, 4.69) is 20.4 Å². The highest BCUT2D eigenvalue weighted by molar-refractivity contribution is 7.09. The third kappa shape index (κ3) is 2.45. The van der Waals surface area contributed by atoms with Gasteiger partial charge in [0.05, 0.1) is 11.2 Å². The minimum atomic E-state index is -0.994. The Morgan fingerprint density at radius 2 is 2.35 bits per heavy atom. The molecule has 0 aliphatic carbocycles. The number of hydrogen-bond acceptors (Lipinski definition) is 6. The normalized spacial score (nSPS) is 10.8. The first-order valence-electron chi connectivity index (χ1n) is 5.94. The van der Waals surface area contributed by atoms with Gasteiger partial charge in [-0.3, -0.25) is 0 Å². The van der Waals surface area contributed by atoms with Crippen LogP contribution in [0.25, 0.3) is 5.52 Å². The zero-order valence-electron chi connectivity index (χ0n) is 10.4. The van der Waals surface area contributed by atoms with Crippen molar-refractivity contribution in [1.82, 2.24) is 19.6 Å². The highest BCUT2D eigenvalue weighted by Crippen LogP contribution is 2.14. The Morgan fingerprint density at radius 1 is 1.45 bits per heavy atom. The molecule has 7 nitrogen and oxygen atoms in total. The smallest absolute Gasteiger partial charge is 0.355 e. The van der Waals surface area contributed by atoms with E-state index in [1.165, 1.54) is 11.3 Å². The lowest BCUT2D eigenvalue weighted by atomic mass is 10.4. The zero-order valence-corrected chi connectivity index (χ0v) is 11.2. The van der Waals surface area contributed by atoms with Gasteiger partial charge in [-0.2, -0.15) is 5.10 Å². The second-order valence-electron chi connectivity index (χ2n) is 4.05. The molecule has 0 aromatic carbocycles. The molecule has 0 spiro atoms. The van der Waals surface area contributed by atoms with Crippen LogP contribution in [0.2, 0.25) is 0 Å². The van der Waals surface area contributed by atoms with Gasteiger partial charge in [-0.05, 0) is 6.07 Å². The summed E-state index contributed by atoms with van der Waals surface area (Å²) in [7, 11) is 0. The SMILES string of the molecule is O=C(O)c1csc(CCNc2nccn3nccc23)n1. The first kappa shape index (κ1) is 12.5. The molecule has 3 aromatic heterocycles. The van der Waals surface area contributed by atoms with Crippen molar-refractivity contribution in [3.05, 3.63) is 40.7 Å². The minimum absolute atomic E-state index is 0.0982. The van der Waals surface area contributed by atoms with E-state index >= 15 is 0 Å². The Kier molecular flexibility index (Phi) is 3.30. The van der Waals surface area contributed by atoms with Gasteiger partial charge in [0.1, 0.15) is 5.52 Å². The lowest BCUT2D eigenvalue weighted by Crippen LogP contribution is -2.08. The van der Waals surface area contributed by atoms with E-state index in [-0.39, 0.29) is 5.69 Å². The van der Waals surface area contributed by atoms with E-state index in [0.29, 0.717) is 13.0 Å². The van der Waals surface area contributed by atoms with E-state index in [0.717, 1.165) is 16.3 Å². The molecule has 0 fully saturated rings. The van der Waals surface area contributed by atoms with Crippen LogP contribution in [0, 0.1) is 0 Å². The lowest BCUT2D eigenvalue weighted by molar-refractivity contribution is 0.0691. The molecule has 102 valence electrons. The van der Waals surface area contributed by atoms with Gasteiger partial charge in [0.15, 0.2) is 11.5 Å². The first-order chi connectivity index (χ1) is 9.74. The quantitative estimate of drug-likeness (QED) is 0.740. The van der Waals surface area contributed by atoms with Crippen molar-refractivity contribution in [2.24, 2.45) is 0 Å². The molecule has 0 aliphatic heterocycles. The van der Waals surface area contributed by atoms with Crippen LogP contribution in [0.4, 0.5) is 5.82 Å². The van der Waals surface area contributed by atoms with Crippen LogP contribution in [-0.4, -0.2) is 37.2 Å². The Bertz CT molecular complexity index is 751. The summed E-state index contributed by atoms with van der Waals surface area (Å²) in [5.41, 5.74) is 0.999. The number of aromatic carboxylic acids is 1. The van der Waals surface area contributed by atoms with E-state index in [4.69, 9.17) is 5.11 Å². The Hall–Kier alpha value is -2.48. The number of nitrogens with zero attached hydrogens (tertiary/aromatic N) is 4. The summed E-state index contributed by atoms with van der Waals surface area (Å²) in [6.07, 6.45) is 5.81. The number of rotatable bonds is 5. The predicted octanol–water partition coefficient (Wildman–Crippen LogP) is 1.54. The van der Waals surface area contributed by atoms with Crippen molar-refractivity contribution in [2.75, 3.05) is 11.9 Å². The van der Waals surface area contributed by atoms with Gasteiger partial charge in [-0.15, -0.1) is 11.3 Å². The van der Waals surface area contributed by atoms with Crippen molar-refractivity contribution in [1.29, 1.82) is 0 Å². The molecule has 3 rings (SSSR count). The molecule has 3 heterocycles. The van der Waals surface area contributed by atoms with Gasteiger partial charge in [0.2, 0.25) is 0 Å². The molecule has 8 heteroatoms. The summed E-state index contributed by atoms with van der Waals surface area (Å²) in [5.74, 6) is -0.244. The topological polar surface area (TPSA) is 92.4 Å². The number of aromatic nitrogens is 4. The fourth-order valence-electron chi connectivity index (χ4n) is 1.81. The van der Waals surface area contributed by atoms with Gasteiger partial charge in [-0.1, -0.05) is 0 Å². The molecular weight excluding hydrogens is 278 g/mol. The number of anilines is 1. The molecule has 0 atom stereocenters. The first-order valence-corrected chi connectivity index (χ1v) is 6.82. The third-order valence-corrected chi connectivity index (χ3v) is 3.64. The Labute approximate surface area is 117 Å². The van der Waals surface area contributed by atoms with Crippen LogP contribution in [0.3, 0.4) is 0 Å². The number of carbonyl (C=O) groups is 1. The predicted molar refractivity (Wildman–Crippen MR) is 74.3 cm³/mol. The van der Waals surface area contributed by atoms with Crippen LogP contribution in [0.15, 0.2) is 30.0 Å². The van der Waals surface area contributed by atoms with Crippen LogP contribution in [0.5, 0.6) is 0 Å². The Morgan fingerprint density at radius 3 is 3.15 bits per heavy atom. The summed E-state index contributed by atoms with van der Waals surface area (Å²) in [6, 6.07) is 1.88. The maximum Gasteiger partial charge on any atom is 0.355 e. The molecule has 20 heavy (non-hydrogen) atoms. The highest BCUT2D eigenvalue weighted by Gasteiger charge is 2.08. The number of nitrogens with one attached hydrogen (secondary N) is 1. The van der Waals surface area contributed by atoms with Crippen molar-refractivity contribution < 1.29 is 9.90 Å².